The summed E-state index contributed by atoms with van der Waals surface area (Å²) in [5, 5.41) is 12.1. The average Bonchev–Trinajstić information content (AvgIpc) is 2.15. The van der Waals surface area contributed by atoms with Crippen molar-refractivity contribution >= 4 is 11.9 Å². The third-order valence-electron chi connectivity index (χ3n) is 1.47. The number of anilines is 1. The minimum absolute atomic E-state index is 0.204. The molecule has 1 aromatic carbocycles. The molecule has 0 radical (unpaired) electrons. The van der Waals surface area contributed by atoms with Gasteiger partial charge >= 0.3 is 0 Å². The highest BCUT2D eigenvalue weighted by Crippen LogP contribution is 2.16. The Morgan fingerprint density at radius 1 is 1.50 bits per heavy atom. The molecule has 0 unspecified atom stereocenters. The molecule has 0 bridgehead atoms. The molecule has 72 valence electrons. The molecule has 0 saturated carbocycles. The molecule has 0 aliphatic rings. The van der Waals surface area contributed by atoms with Gasteiger partial charge in [-0.1, -0.05) is 25.3 Å². The van der Waals surface area contributed by atoms with Crippen LogP contribution in [0.2, 0.25) is 0 Å². The SMILES string of the molecule is C=C/C=N\C(=C)Nc1cccc(O)c1. The van der Waals surface area contributed by atoms with Gasteiger partial charge in [0.05, 0.1) is 0 Å². The number of nitrogens with one attached hydrogen (secondary N) is 1. The van der Waals surface area contributed by atoms with E-state index < -0.39 is 0 Å². The van der Waals surface area contributed by atoms with Crippen LogP contribution in [0.25, 0.3) is 0 Å². The maximum atomic E-state index is 9.18. The molecule has 0 heterocycles. The van der Waals surface area contributed by atoms with Gasteiger partial charge in [-0.3, -0.25) is 0 Å². The van der Waals surface area contributed by atoms with E-state index in [4.69, 9.17) is 0 Å². The van der Waals surface area contributed by atoms with E-state index in [1.54, 1.807) is 24.3 Å². The van der Waals surface area contributed by atoms with Crippen LogP contribution in [0.5, 0.6) is 5.75 Å². The van der Waals surface area contributed by atoms with E-state index in [2.05, 4.69) is 23.5 Å². The van der Waals surface area contributed by atoms with Crippen LogP contribution in [0.15, 0.2) is 54.3 Å². The zero-order chi connectivity index (χ0) is 10.4. The zero-order valence-corrected chi connectivity index (χ0v) is 7.77. The lowest BCUT2D eigenvalue weighted by molar-refractivity contribution is 0.475. The van der Waals surface area contributed by atoms with Gasteiger partial charge in [0.2, 0.25) is 0 Å². The molecule has 3 heteroatoms. The molecule has 2 N–H and O–H groups in total. The molecule has 0 atom stereocenters. The van der Waals surface area contributed by atoms with Crippen molar-refractivity contribution in [1.29, 1.82) is 0 Å². The van der Waals surface area contributed by atoms with Crippen LogP contribution in [0.3, 0.4) is 0 Å². The van der Waals surface area contributed by atoms with Crippen molar-refractivity contribution in [3.8, 4) is 5.75 Å². The Balaban J connectivity index is 2.64. The van der Waals surface area contributed by atoms with Crippen molar-refractivity contribution < 1.29 is 5.11 Å². The van der Waals surface area contributed by atoms with Crippen LogP contribution in [-0.4, -0.2) is 11.3 Å². The summed E-state index contributed by atoms with van der Waals surface area (Å²) in [6.07, 6.45) is 3.10. The smallest absolute Gasteiger partial charge is 0.122 e. The predicted octanol–water partition coefficient (Wildman–Crippen LogP) is 2.53. The van der Waals surface area contributed by atoms with Crippen LogP contribution in [0.4, 0.5) is 5.69 Å². The van der Waals surface area contributed by atoms with Crippen molar-refractivity contribution in [3.63, 3.8) is 0 Å². The maximum Gasteiger partial charge on any atom is 0.122 e. The fourth-order valence-electron chi connectivity index (χ4n) is 0.925. The van der Waals surface area contributed by atoms with Crippen LogP contribution in [-0.2, 0) is 0 Å². The quantitative estimate of drug-likeness (QED) is 0.713. The number of hydrogen-bond acceptors (Lipinski definition) is 3. The summed E-state index contributed by atoms with van der Waals surface area (Å²) in [5.41, 5.74) is 0.746. The number of benzene rings is 1. The highest BCUT2D eigenvalue weighted by atomic mass is 16.3. The van der Waals surface area contributed by atoms with Crippen LogP contribution < -0.4 is 5.32 Å². The summed E-state index contributed by atoms with van der Waals surface area (Å²) in [5.74, 6) is 0.700. The van der Waals surface area contributed by atoms with Gasteiger partial charge in [-0.2, -0.15) is 0 Å². The molecule has 0 spiro atoms. The van der Waals surface area contributed by atoms with E-state index >= 15 is 0 Å². The second-order valence-electron chi connectivity index (χ2n) is 2.64. The number of allylic oxidation sites excluding steroid dienone is 1. The second kappa shape index (κ2) is 4.87. The van der Waals surface area contributed by atoms with E-state index in [1.807, 2.05) is 6.07 Å². The Kier molecular flexibility index (Phi) is 3.49. The summed E-state index contributed by atoms with van der Waals surface area (Å²) in [6.45, 7) is 7.17. The Bertz CT molecular complexity index is 369. The second-order valence-corrected chi connectivity index (χ2v) is 2.64. The molecule has 0 aliphatic carbocycles. The predicted molar refractivity (Wildman–Crippen MR) is 59.6 cm³/mol. The highest BCUT2D eigenvalue weighted by molar-refractivity contribution is 5.71. The first kappa shape index (κ1) is 10.1. The van der Waals surface area contributed by atoms with E-state index in [-0.39, 0.29) is 5.75 Å². The van der Waals surface area contributed by atoms with Gasteiger partial charge in [0.15, 0.2) is 0 Å². The Morgan fingerprint density at radius 2 is 2.29 bits per heavy atom. The van der Waals surface area contributed by atoms with Gasteiger partial charge in [-0.05, 0) is 12.1 Å². The van der Waals surface area contributed by atoms with Crippen molar-refractivity contribution in [3.05, 3.63) is 49.3 Å². The third-order valence-corrected chi connectivity index (χ3v) is 1.47. The van der Waals surface area contributed by atoms with Gasteiger partial charge in [0.25, 0.3) is 0 Å². The largest absolute Gasteiger partial charge is 0.508 e. The lowest BCUT2D eigenvalue weighted by Crippen LogP contribution is -1.94. The van der Waals surface area contributed by atoms with Crippen molar-refractivity contribution in [1.82, 2.24) is 0 Å². The zero-order valence-electron chi connectivity index (χ0n) is 7.77. The van der Waals surface area contributed by atoms with Crippen LogP contribution in [0, 0.1) is 0 Å². The van der Waals surface area contributed by atoms with E-state index in [9.17, 15) is 5.11 Å². The van der Waals surface area contributed by atoms with E-state index in [0.717, 1.165) is 5.69 Å². The van der Waals surface area contributed by atoms with Crippen LogP contribution in [0.1, 0.15) is 0 Å². The van der Waals surface area contributed by atoms with Gasteiger partial charge in [0.1, 0.15) is 11.6 Å². The number of phenolic OH excluding ortho intramolecular Hbond substituents is 1. The molecule has 0 amide bonds. The van der Waals surface area contributed by atoms with Crippen molar-refractivity contribution in [2.24, 2.45) is 4.99 Å². The van der Waals surface area contributed by atoms with Gasteiger partial charge in [-0.15, -0.1) is 0 Å². The third kappa shape index (κ3) is 3.15. The number of nitrogens with zero attached hydrogens (tertiary/aromatic N) is 1. The number of rotatable bonds is 4. The summed E-state index contributed by atoms with van der Waals surface area (Å²) < 4.78 is 0. The standard InChI is InChI=1S/C11H12N2O/c1-3-7-12-9(2)13-10-5-4-6-11(14)8-10/h3-8,13-14H,1-2H2/b12-7-. The summed E-state index contributed by atoms with van der Waals surface area (Å²) >= 11 is 0. The summed E-state index contributed by atoms with van der Waals surface area (Å²) in [6, 6.07) is 6.74. The lowest BCUT2D eigenvalue weighted by atomic mass is 10.3. The number of aromatic hydroxyl groups is 1. The molecule has 14 heavy (non-hydrogen) atoms. The van der Waals surface area contributed by atoms with Gasteiger partial charge in [0, 0.05) is 18.0 Å². The Hall–Kier alpha value is -2.03. The molecule has 0 saturated heterocycles. The van der Waals surface area contributed by atoms with Gasteiger partial charge in [-0.25, -0.2) is 4.99 Å². The minimum Gasteiger partial charge on any atom is -0.508 e. The molecule has 0 aromatic heterocycles. The normalized spacial score (nSPS) is 10.0. The minimum atomic E-state index is 0.204. The molecule has 1 aromatic rings. The molecular weight excluding hydrogens is 176 g/mol. The first-order chi connectivity index (χ1) is 6.72. The monoisotopic (exact) mass is 188 g/mol. The maximum absolute atomic E-state index is 9.18. The first-order valence-electron chi connectivity index (χ1n) is 4.12. The fraction of sp³-hybridized carbons (Fsp3) is 0. The summed E-state index contributed by atoms with van der Waals surface area (Å²) in [7, 11) is 0. The van der Waals surface area contributed by atoms with E-state index in [0.29, 0.717) is 5.82 Å². The topological polar surface area (TPSA) is 44.6 Å². The Morgan fingerprint density at radius 3 is 2.93 bits per heavy atom. The molecule has 0 fully saturated rings. The first-order valence-corrected chi connectivity index (χ1v) is 4.12. The number of aliphatic imine (C=N–C) groups is 1. The molecule has 0 aliphatic heterocycles. The van der Waals surface area contributed by atoms with E-state index in [1.165, 1.54) is 6.21 Å². The Labute approximate surface area is 83.1 Å². The molecule has 1 rings (SSSR count). The molecular formula is C11H12N2O. The summed E-state index contributed by atoms with van der Waals surface area (Å²) in [4.78, 5) is 3.94. The van der Waals surface area contributed by atoms with Crippen LogP contribution >= 0.6 is 0 Å². The molecule has 3 nitrogen and oxygen atoms in total. The number of hydrogen-bond donors (Lipinski definition) is 2. The fourth-order valence-corrected chi connectivity index (χ4v) is 0.925. The van der Waals surface area contributed by atoms with Crippen molar-refractivity contribution in [2.45, 2.75) is 0 Å². The number of phenols is 1. The van der Waals surface area contributed by atoms with Crippen molar-refractivity contribution in [2.75, 3.05) is 5.32 Å². The lowest BCUT2D eigenvalue weighted by Gasteiger charge is -2.04. The highest BCUT2D eigenvalue weighted by Gasteiger charge is 1.93. The van der Waals surface area contributed by atoms with Gasteiger partial charge < -0.3 is 10.4 Å². The average molecular weight is 188 g/mol.